The molecule has 15 rings (SSSR count). The largest absolute Gasteiger partial charge is 0.289 e. The molecular weight excluding hydrogens is 713 g/mol. The zero-order valence-electron chi connectivity index (χ0n) is 29.4. The molecule has 24 atom stereocenters. The molecule has 2 nitrogen and oxygen atoms in total. The lowest BCUT2D eigenvalue weighted by Crippen LogP contribution is -2.62. The Morgan fingerprint density at radius 1 is 0.365 bits per heavy atom. The molecule has 0 radical (unpaired) electrons. The second kappa shape index (κ2) is 9.47. The number of carbonyl (C=O) groups excluding carboxylic acids is 2. The Morgan fingerprint density at radius 3 is 0.846 bits per heavy atom. The topological polar surface area (TPSA) is 34.1 Å². The van der Waals surface area contributed by atoms with E-state index in [9.17, 15) is 9.59 Å². The fourth-order valence-electron chi connectivity index (χ4n) is 20.6. The molecule has 0 amide bonds. The van der Waals surface area contributed by atoms with Gasteiger partial charge in [0.05, 0.1) is 0 Å². The van der Waals surface area contributed by atoms with Gasteiger partial charge < -0.3 is 0 Å². The summed E-state index contributed by atoms with van der Waals surface area (Å²) in [5.41, 5.74) is 8.70. The van der Waals surface area contributed by atoms with Gasteiger partial charge in [-0.1, -0.05) is 0 Å². The van der Waals surface area contributed by atoms with Crippen LogP contribution in [0, 0.1) is 118 Å². The van der Waals surface area contributed by atoms with Gasteiger partial charge in [0.2, 0.25) is 0 Å². The van der Waals surface area contributed by atoms with Crippen LogP contribution in [0.1, 0.15) is 103 Å². The first kappa shape index (κ1) is 30.3. The number of benzene rings is 2. The van der Waals surface area contributed by atoms with E-state index in [0.717, 1.165) is 164 Å². The minimum Gasteiger partial charge on any atom is -0.289 e. The monoisotopic (exact) mass is 760 g/mol. The molecule has 12 unspecified atom stereocenters. The maximum absolute atomic E-state index is 14.6. The van der Waals surface area contributed by atoms with Crippen molar-refractivity contribution in [3.05, 3.63) is 68.8 Å². The van der Waals surface area contributed by atoms with E-state index >= 15 is 0 Å². The van der Waals surface area contributed by atoms with Crippen molar-refractivity contribution in [3.8, 4) is 0 Å². The van der Waals surface area contributed by atoms with Crippen LogP contribution in [0.3, 0.4) is 0 Å². The molecule has 52 heavy (non-hydrogen) atoms. The van der Waals surface area contributed by atoms with Crippen LogP contribution in [0.15, 0.2) is 24.3 Å². The Balaban J connectivity index is 0.768. The van der Waals surface area contributed by atoms with Gasteiger partial charge in [0.15, 0.2) is 11.6 Å². The third-order valence-corrected chi connectivity index (χ3v) is 23.0. The highest BCUT2D eigenvalue weighted by Crippen LogP contribution is 2.85. The van der Waals surface area contributed by atoms with Crippen LogP contribution < -0.4 is 0 Å². The van der Waals surface area contributed by atoms with Gasteiger partial charge in [0.25, 0.3) is 0 Å². The number of fused-ring (bicyclic) bond motifs is 38. The van der Waals surface area contributed by atoms with E-state index in [-0.39, 0.29) is 11.6 Å². The minimum absolute atomic E-state index is 0.130. The zero-order valence-corrected chi connectivity index (χ0v) is 33.0. The van der Waals surface area contributed by atoms with Crippen molar-refractivity contribution in [2.24, 2.45) is 118 Å². The molecule has 13 aliphatic carbocycles. The first-order valence-corrected chi connectivity index (χ1v) is 23.9. The summed E-state index contributed by atoms with van der Waals surface area (Å²) in [6.07, 6.45) is 5.42. The van der Waals surface area contributed by atoms with Gasteiger partial charge in [-0.3, -0.25) is 9.59 Å². The zero-order chi connectivity index (χ0) is 34.1. The maximum Gasteiger partial charge on any atom is 0.194 e. The number of hydrogen-bond donors (Lipinski definition) is 4. The third kappa shape index (κ3) is 2.88. The van der Waals surface area contributed by atoms with E-state index in [1.54, 1.807) is 0 Å². The summed E-state index contributed by atoms with van der Waals surface area (Å²) >= 11 is 19.3. The summed E-state index contributed by atoms with van der Waals surface area (Å²) in [5.74, 6) is 23.8. The molecule has 8 bridgehead atoms. The molecule has 10 fully saturated rings. The average Bonchev–Trinajstić information content (AvgIpc) is 3.98. The molecule has 0 aliphatic heterocycles. The van der Waals surface area contributed by atoms with Crippen LogP contribution in [0.5, 0.6) is 0 Å². The molecule has 2 aromatic rings. The first-order chi connectivity index (χ1) is 25.5. The fraction of sp³-hybridized carbons (Fsp3) is 0.696. The summed E-state index contributed by atoms with van der Waals surface area (Å²) < 4.78 is 0. The summed E-state index contributed by atoms with van der Waals surface area (Å²) in [5, 5.41) is 0. The van der Waals surface area contributed by atoms with Crippen LogP contribution in [0.4, 0.5) is 0 Å². The Morgan fingerprint density at radius 2 is 0.615 bits per heavy atom. The Hall–Kier alpha value is -0.820. The number of carbonyl (C=O) groups is 2. The van der Waals surface area contributed by atoms with Crippen LogP contribution >= 0.6 is 50.5 Å². The summed E-state index contributed by atoms with van der Waals surface area (Å²) in [6.45, 7) is 0. The molecule has 0 spiro atoms. The van der Waals surface area contributed by atoms with Crippen molar-refractivity contribution in [2.45, 2.75) is 49.4 Å². The van der Waals surface area contributed by atoms with Crippen molar-refractivity contribution in [1.82, 2.24) is 0 Å². The number of hydrogen-bond acceptors (Lipinski definition) is 6. The molecule has 10 saturated carbocycles. The van der Waals surface area contributed by atoms with E-state index in [1.807, 2.05) is 0 Å². The second-order valence-corrected chi connectivity index (χ2v) is 22.5. The molecule has 0 saturated heterocycles. The minimum atomic E-state index is 0.130. The van der Waals surface area contributed by atoms with Crippen LogP contribution in [0.2, 0.25) is 0 Å². The van der Waals surface area contributed by atoms with E-state index in [2.05, 4.69) is 24.3 Å². The molecular formula is C46H48O2S4. The maximum atomic E-state index is 14.6. The summed E-state index contributed by atoms with van der Waals surface area (Å²) in [6, 6.07) is 9.06. The van der Waals surface area contributed by atoms with Gasteiger partial charge in [0.1, 0.15) is 0 Å². The van der Waals surface area contributed by atoms with Gasteiger partial charge in [0, 0.05) is 22.3 Å². The third-order valence-electron chi connectivity index (χ3n) is 21.3. The molecule has 6 heteroatoms. The smallest absolute Gasteiger partial charge is 0.194 e. The van der Waals surface area contributed by atoms with E-state index < -0.39 is 0 Å². The molecule has 0 heterocycles. The summed E-state index contributed by atoms with van der Waals surface area (Å²) in [4.78, 5) is 29.2. The molecule has 2 aromatic carbocycles. The number of rotatable bonds is 4. The van der Waals surface area contributed by atoms with Gasteiger partial charge in [-0.25, -0.2) is 0 Å². The highest BCUT2D eigenvalue weighted by molar-refractivity contribution is 7.80. The lowest BCUT2D eigenvalue weighted by molar-refractivity contribution is -0.164. The van der Waals surface area contributed by atoms with Gasteiger partial charge in [-0.05, 0) is 237 Å². The van der Waals surface area contributed by atoms with Crippen molar-refractivity contribution >= 4 is 62.1 Å². The quantitative estimate of drug-likeness (QED) is 0.122. The van der Waals surface area contributed by atoms with Crippen LogP contribution in [0.25, 0.3) is 0 Å². The lowest BCUT2D eigenvalue weighted by Gasteiger charge is -2.66. The van der Waals surface area contributed by atoms with Crippen molar-refractivity contribution < 1.29 is 9.59 Å². The highest BCUT2D eigenvalue weighted by atomic mass is 32.1. The second-order valence-electron chi connectivity index (χ2n) is 21.0. The standard InChI is InChI=1S/C46H48O2S4/c47-45-21-1-13-14(18-5-17(13)37-38(18)42-26-7-25(41(37)42)33-29(9-49)30(10-50)34(26)33)2-22(21)46(48)24-4-16-15(3-23(24)45)19-6-20(16)40-39(19)43-27-8-28(44(40)43)36-32(12-52)31(11-51)35(27)36/h1-4,17-20,25-44,49-52H,5-12H2/t17-,18+,19-,20+,25-,26+,27+,28-,29-,30-,31-,32-,33?,34?,35?,36?,37?,38?,39?,40?,41?,42?,43?,44?/m0/s1. The van der Waals surface area contributed by atoms with E-state index in [1.165, 1.54) is 47.9 Å². The predicted octanol–water partition coefficient (Wildman–Crippen LogP) is 8.56. The van der Waals surface area contributed by atoms with Crippen molar-refractivity contribution in [1.29, 1.82) is 0 Å². The number of ketones is 2. The Labute approximate surface area is 329 Å². The molecule has 0 aromatic heterocycles. The SMILES string of the molecule is O=C1c2cc3c(cc2C(=O)c2cc4c(cc21)[C@H]1C[C@@H]4C2C4C(C21)[C@H]1C[C@@H]4C2C1[C@@H](CS)[C@@H]2CS)[C@@H]1C[C@H]3C2C3C(C21)[C@H]1C[C@@H]3C2C1[C@@H](CS)[C@@H]2CS. The molecule has 13 aliphatic rings. The first-order valence-electron chi connectivity index (χ1n) is 21.4. The van der Waals surface area contributed by atoms with Gasteiger partial charge in [-0.15, -0.1) is 0 Å². The van der Waals surface area contributed by atoms with E-state index in [4.69, 9.17) is 50.5 Å². The molecule has 268 valence electrons. The molecule has 0 N–H and O–H groups in total. The summed E-state index contributed by atoms with van der Waals surface area (Å²) in [7, 11) is 0. The van der Waals surface area contributed by atoms with Crippen molar-refractivity contribution in [3.63, 3.8) is 0 Å². The van der Waals surface area contributed by atoms with Crippen molar-refractivity contribution in [2.75, 3.05) is 23.0 Å². The van der Waals surface area contributed by atoms with Crippen LogP contribution in [-0.2, 0) is 0 Å². The number of thiol groups is 4. The fourth-order valence-corrected chi connectivity index (χ4v) is 22.7. The van der Waals surface area contributed by atoms with E-state index in [0.29, 0.717) is 23.7 Å². The lowest BCUT2D eigenvalue weighted by atomic mass is 9.39. The predicted molar refractivity (Wildman–Crippen MR) is 214 cm³/mol. The normalized spacial score (nSPS) is 57.7. The average molecular weight is 761 g/mol. The van der Waals surface area contributed by atoms with Crippen LogP contribution in [-0.4, -0.2) is 34.6 Å². The Kier molecular flexibility index (Phi) is 5.53. The Bertz CT molecular complexity index is 1820. The highest BCUT2D eigenvalue weighted by Gasteiger charge is 2.79. The van der Waals surface area contributed by atoms with Gasteiger partial charge >= 0.3 is 0 Å². The van der Waals surface area contributed by atoms with Gasteiger partial charge in [-0.2, -0.15) is 50.5 Å².